The lowest BCUT2D eigenvalue weighted by atomic mass is 9.89. The summed E-state index contributed by atoms with van der Waals surface area (Å²) < 4.78 is 28.8. The molecule has 0 amide bonds. The highest BCUT2D eigenvalue weighted by molar-refractivity contribution is 7.91. The Labute approximate surface area is 110 Å². The molecular weight excluding hydrogens is 250 g/mol. The molecule has 18 heavy (non-hydrogen) atoms. The Bertz CT molecular complexity index is 360. The van der Waals surface area contributed by atoms with E-state index in [2.05, 4.69) is 5.32 Å². The molecule has 0 bridgehead atoms. The molecule has 4 nitrogen and oxygen atoms in total. The molecule has 1 unspecified atom stereocenters. The molecular formula is C13H25NO3S. The van der Waals surface area contributed by atoms with Crippen LogP contribution in [0.2, 0.25) is 0 Å². The Hall–Kier alpha value is -0.130. The summed E-state index contributed by atoms with van der Waals surface area (Å²) in [5, 5.41) is 3.40. The maximum atomic E-state index is 11.4. The normalized spacial score (nSPS) is 27.7. The molecule has 1 heterocycles. The fraction of sp³-hybridized carbons (Fsp3) is 1.00. The Kier molecular flexibility index (Phi) is 4.67. The van der Waals surface area contributed by atoms with E-state index in [4.69, 9.17) is 4.74 Å². The van der Waals surface area contributed by atoms with Crippen LogP contribution in [0, 0.1) is 0 Å². The van der Waals surface area contributed by atoms with E-state index in [1.54, 1.807) is 6.92 Å². The Morgan fingerprint density at radius 2 is 2.06 bits per heavy atom. The molecule has 2 aliphatic rings. The van der Waals surface area contributed by atoms with Crippen molar-refractivity contribution in [3.8, 4) is 0 Å². The predicted octanol–water partition coefficient (Wildman–Crippen LogP) is 1.50. The third-order valence-electron chi connectivity index (χ3n) is 4.29. The van der Waals surface area contributed by atoms with Gasteiger partial charge in [-0.3, -0.25) is 0 Å². The number of hydrogen-bond donors (Lipinski definition) is 1. The average Bonchev–Trinajstić information content (AvgIpc) is 2.77. The number of hydrogen-bond acceptors (Lipinski definition) is 4. The molecule has 106 valence electrons. The van der Waals surface area contributed by atoms with E-state index in [0.717, 1.165) is 19.4 Å². The van der Waals surface area contributed by atoms with Crippen LogP contribution in [0.15, 0.2) is 0 Å². The van der Waals surface area contributed by atoms with Crippen molar-refractivity contribution in [3.63, 3.8) is 0 Å². The molecule has 5 heteroatoms. The first-order chi connectivity index (χ1) is 8.55. The van der Waals surface area contributed by atoms with Crippen molar-refractivity contribution in [2.45, 2.75) is 57.1 Å². The summed E-state index contributed by atoms with van der Waals surface area (Å²) in [6.45, 7) is 3.10. The van der Waals surface area contributed by atoms with E-state index in [-0.39, 0.29) is 17.1 Å². The van der Waals surface area contributed by atoms with Gasteiger partial charge in [0.05, 0.1) is 11.4 Å². The molecule has 1 N–H and O–H groups in total. The van der Waals surface area contributed by atoms with Gasteiger partial charge in [-0.2, -0.15) is 0 Å². The van der Waals surface area contributed by atoms with Crippen LogP contribution in [0.3, 0.4) is 0 Å². The maximum absolute atomic E-state index is 11.4. The summed E-state index contributed by atoms with van der Waals surface area (Å²) in [5.74, 6) is 0.500. The van der Waals surface area contributed by atoms with Crippen molar-refractivity contribution in [1.82, 2.24) is 5.32 Å². The number of ether oxygens (including phenoxy) is 1. The zero-order chi connectivity index (χ0) is 13.1. The second kappa shape index (κ2) is 5.88. The third kappa shape index (κ3) is 3.68. The SMILES string of the molecule is CCS(=O)(=O)CCNC1CCOC2(CCCC2)C1. The smallest absolute Gasteiger partial charge is 0.151 e. The Balaban J connectivity index is 1.76. The molecule has 0 aromatic carbocycles. The van der Waals surface area contributed by atoms with Crippen LogP contribution in [0.1, 0.15) is 45.4 Å². The van der Waals surface area contributed by atoms with E-state index >= 15 is 0 Å². The van der Waals surface area contributed by atoms with Gasteiger partial charge >= 0.3 is 0 Å². The van der Waals surface area contributed by atoms with E-state index in [0.29, 0.717) is 12.6 Å². The summed E-state index contributed by atoms with van der Waals surface area (Å²) in [6.07, 6.45) is 6.97. The maximum Gasteiger partial charge on any atom is 0.151 e. The summed E-state index contributed by atoms with van der Waals surface area (Å²) >= 11 is 0. The van der Waals surface area contributed by atoms with Gasteiger partial charge in [0.15, 0.2) is 9.84 Å². The van der Waals surface area contributed by atoms with Gasteiger partial charge in [0, 0.05) is 24.9 Å². The van der Waals surface area contributed by atoms with Crippen LogP contribution in [-0.4, -0.2) is 44.7 Å². The Morgan fingerprint density at radius 1 is 1.33 bits per heavy atom. The van der Waals surface area contributed by atoms with Gasteiger partial charge in [0.1, 0.15) is 0 Å². The molecule has 2 rings (SSSR count). The number of nitrogens with one attached hydrogen (secondary N) is 1. The summed E-state index contributed by atoms with van der Waals surface area (Å²) in [5.41, 5.74) is 0.111. The average molecular weight is 275 g/mol. The van der Waals surface area contributed by atoms with Crippen LogP contribution in [0.4, 0.5) is 0 Å². The minimum atomic E-state index is -2.84. The highest BCUT2D eigenvalue weighted by Gasteiger charge is 2.39. The van der Waals surface area contributed by atoms with Crippen LogP contribution in [-0.2, 0) is 14.6 Å². The lowest BCUT2D eigenvalue weighted by Crippen LogP contribution is -2.46. The van der Waals surface area contributed by atoms with Gasteiger partial charge < -0.3 is 10.1 Å². The van der Waals surface area contributed by atoms with E-state index in [1.807, 2.05) is 0 Å². The molecule has 1 aliphatic heterocycles. The van der Waals surface area contributed by atoms with Gasteiger partial charge in [0.2, 0.25) is 0 Å². The standard InChI is InChI=1S/C13H25NO3S/c1-2-18(15,16)10-8-14-12-5-9-17-13(11-12)6-3-4-7-13/h12,14H,2-11H2,1H3. The van der Waals surface area contributed by atoms with Gasteiger partial charge in [-0.05, 0) is 25.7 Å². The largest absolute Gasteiger partial charge is 0.375 e. The monoisotopic (exact) mass is 275 g/mol. The first-order valence-electron chi connectivity index (χ1n) is 7.13. The van der Waals surface area contributed by atoms with Crippen molar-refractivity contribution in [1.29, 1.82) is 0 Å². The molecule has 2 fully saturated rings. The molecule has 1 spiro atoms. The van der Waals surface area contributed by atoms with Crippen molar-refractivity contribution in [2.24, 2.45) is 0 Å². The number of rotatable bonds is 5. The summed E-state index contributed by atoms with van der Waals surface area (Å²) in [4.78, 5) is 0. The molecule has 0 aromatic heterocycles. The van der Waals surface area contributed by atoms with Crippen molar-refractivity contribution in [2.75, 3.05) is 24.7 Å². The van der Waals surface area contributed by atoms with Crippen LogP contribution in [0.5, 0.6) is 0 Å². The van der Waals surface area contributed by atoms with E-state index in [9.17, 15) is 8.42 Å². The summed E-state index contributed by atoms with van der Waals surface area (Å²) in [6, 6.07) is 0.434. The quantitative estimate of drug-likeness (QED) is 0.826. The van der Waals surface area contributed by atoms with E-state index < -0.39 is 9.84 Å². The van der Waals surface area contributed by atoms with Crippen molar-refractivity contribution in [3.05, 3.63) is 0 Å². The van der Waals surface area contributed by atoms with Gasteiger partial charge in [0.25, 0.3) is 0 Å². The zero-order valence-electron chi connectivity index (χ0n) is 11.3. The fourth-order valence-electron chi connectivity index (χ4n) is 3.13. The highest BCUT2D eigenvalue weighted by Crippen LogP contribution is 2.39. The minimum Gasteiger partial charge on any atom is -0.375 e. The fourth-order valence-corrected chi connectivity index (χ4v) is 3.85. The van der Waals surface area contributed by atoms with Gasteiger partial charge in [-0.25, -0.2) is 8.42 Å². The lowest BCUT2D eigenvalue weighted by molar-refractivity contribution is -0.0833. The predicted molar refractivity (Wildman–Crippen MR) is 72.5 cm³/mol. The molecule has 0 radical (unpaired) electrons. The van der Waals surface area contributed by atoms with Gasteiger partial charge in [-0.1, -0.05) is 19.8 Å². The van der Waals surface area contributed by atoms with Crippen LogP contribution in [0.25, 0.3) is 0 Å². The molecule has 1 atom stereocenters. The van der Waals surface area contributed by atoms with E-state index in [1.165, 1.54) is 25.7 Å². The van der Waals surface area contributed by atoms with Crippen molar-refractivity contribution < 1.29 is 13.2 Å². The molecule has 1 saturated carbocycles. The number of sulfone groups is 1. The first kappa shape index (κ1) is 14.3. The van der Waals surface area contributed by atoms with Crippen LogP contribution >= 0.6 is 0 Å². The Morgan fingerprint density at radius 3 is 2.72 bits per heavy atom. The zero-order valence-corrected chi connectivity index (χ0v) is 12.1. The minimum absolute atomic E-state index is 0.111. The summed E-state index contributed by atoms with van der Waals surface area (Å²) in [7, 11) is -2.84. The topological polar surface area (TPSA) is 55.4 Å². The second-order valence-electron chi connectivity index (χ2n) is 5.62. The first-order valence-corrected chi connectivity index (χ1v) is 8.95. The molecule has 1 aliphatic carbocycles. The van der Waals surface area contributed by atoms with Crippen molar-refractivity contribution >= 4 is 9.84 Å². The van der Waals surface area contributed by atoms with Gasteiger partial charge in [-0.15, -0.1) is 0 Å². The third-order valence-corrected chi connectivity index (χ3v) is 6.00. The molecule has 0 aromatic rings. The van der Waals surface area contributed by atoms with Crippen LogP contribution < -0.4 is 5.32 Å². The lowest BCUT2D eigenvalue weighted by Gasteiger charge is -2.38. The highest BCUT2D eigenvalue weighted by atomic mass is 32.2. The second-order valence-corrected chi connectivity index (χ2v) is 8.09. The molecule has 1 saturated heterocycles.